The van der Waals surface area contributed by atoms with Crippen LogP contribution in [0.15, 0.2) is 24.5 Å². The lowest BCUT2D eigenvalue weighted by molar-refractivity contribution is -0.137. The van der Waals surface area contributed by atoms with E-state index in [0.29, 0.717) is 19.5 Å². The fourth-order valence-corrected chi connectivity index (χ4v) is 1.97. The average Bonchev–Trinajstić information content (AvgIpc) is 2.72. The Labute approximate surface area is 105 Å². The Morgan fingerprint density at radius 2 is 2.44 bits per heavy atom. The maximum atomic E-state index is 11.7. The van der Waals surface area contributed by atoms with E-state index >= 15 is 0 Å². The van der Waals surface area contributed by atoms with Crippen LogP contribution in [0.25, 0.3) is 0 Å². The van der Waals surface area contributed by atoms with Crippen molar-refractivity contribution in [2.45, 2.75) is 18.9 Å². The Kier molecular flexibility index (Phi) is 3.76. The molecule has 6 nitrogen and oxygen atoms in total. The SMILES string of the molecule is O=C(O)CCCN1CC(c2cccnc2)NC1=O. The molecule has 0 radical (unpaired) electrons. The number of carboxylic acids is 1. The summed E-state index contributed by atoms with van der Waals surface area (Å²) in [5.41, 5.74) is 0.964. The molecule has 1 atom stereocenters. The van der Waals surface area contributed by atoms with Crippen molar-refractivity contribution in [1.82, 2.24) is 15.2 Å². The molecular formula is C12H15N3O3. The van der Waals surface area contributed by atoms with Crippen molar-refractivity contribution in [3.63, 3.8) is 0 Å². The molecule has 0 aliphatic carbocycles. The Morgan fingerprint density at radius 3 is 3.11 bits per heavy atom. The number of rotatable bonds is 5. The highest BCUT2D eigenvalue weighted by Gasteiger charge is 2.29. The van der Waals surface area contributed by atoms with Gasteiger partial charge in [0.2, 0.25) is 0 Å². The van der Waals surface area contributed by atoms with Gasteiger partial charge in [-0.05, 0) is 18.1 Å². The van der Waals surface area contributed by atoms with Crippen LogP contribution >= 0.6 is 0 Å². The van der Waals surface area contributed by atoms with Gasteiger partial charge in [-0.2, -0.15) is 0 Å². The number of aromatic nitrogens is 1. The molecule has 2 N–H and O–H groups in total. The van der Waals surface area contributed by atoms with Crippen LogP contribution in [0.2, 0.25) is 0 Å². The van der Waals surface area contributed by atoms with E-state index in [9.17, 15) is 9.59 Å². The number of carboxylic acid groups (broad SMARTS) is 1. The number of nitrogens with one attached hydrogen (secondary N) is 1. The summed E-state index contributed by atoms with van der Waals surface area (Å²) >= 11 is 0. The number of hydrogen-bond donors (Lipinski definition) is 2. The molecule has 0 spiro atoms. The Hall–Kier alpha value is -2.11. The van der Waals surface area contributed by atoms with Crippen LogP contribution in [-0.2, 0) is 4.79 Å². The predicted octanol–water partition coefficient (Wildman–Crippen LogP) is 1.01. The highest BCUT2D eigenvalue weighted by molar-refractivity contribution is 5.77. The third-order valence-electron chi connectivity index (χ3n) is 2.89. The van der Waals surface area contributed by atoms with E-state index in [-0.39, 0.29) is 18.5 Å². The summed E-state index contributed by atoms with van der Waals surface area (Å²) in [4.78, 5) is 27.8. The molecule has 0 bridgehead atoms. The van der Waals surface area contributed by atoms with Gasteiger partial charge in [0.05, 0.1) is 6.04 Å². The first-order valence-corrected chi connectivity index (χ1v) is 5.84. The molecule has 1 aliphatic heterocycles. The smallest absolute Gasteiger partial charge is 0.318 e. The van der Waals surface area contributed by atoms with Crippen LogP contribution in [0.1, 0.15) is 24.4 Å². The summed E-state index contributed by atoms with van der Waals surface area (Å²) in [5.74, 6) is -0.835. The standard InChI is InChI=1S/C12H15N3O3/c16-11(17)4-2-6-15-8-10(14-12(15)18)9-3-1-5-13-7-9/h1,3,5,7,10H,2,4,6,8H2,(H,14,18)(H,16,17). The first-order chi connectivity index (χ1) is 8.66. The maximum Gasteiger partial charge on any atom is 0.318 e. The normalized spacial score (nSPS) is 18.8. The van der Waals surface area contributed by atoms with Gasteiger partial charge in [0.1, 0.15) is 0 Å². The molecule has 96 valence electrons. The van der Waals surface area contributed by atoms with E-state index in [2.05, 4.69) is 10.3 Å². The summed E-state index contributed by atoms with van der Waals surface area (Å²) in [6, 6.07) is 3.54. The van der Waals surface area contributed by atoms with Crippen molar-refractivity contribution in [1.29, 1.82) is 0 Å². The molecule has 1 unspecified atom stereocenters. The largest absolute Gasteiger partial charge is 0.481 e. The molecule has 2 rings (SSSR count). The molecule has 0 saturated carbocycles. The van der Waals surface area contributed by atoms with Gasteiger partial charge in [0, 0.05) is 31.9 Å². The monoisotopic (exact) mass is 249 g/mol. The molecule has 1 aromatic heterocycles. The number of amides is 2. The lowest BCUT2D eigenvalue weighted by Gasteiger charge is -2.13. The highest BCUT2D eigenvalue weighted by atomic mass is 16.4. The first-order valence-electron chi connectivity index (χ1n) is 5.84. The van der Waals surface area contributed by atoms with E-state index < -0.39 is 5.97 Å². The zero-order valence-electron chi connectivity index (χ0n) is 9.87. The van der Waals surface area contributed by atoms with Gasteiger partial charge in [-0.25, -0.2) is 4.79 Å². The molecule has 2 amide bonds. The number of carbonyl (C=O) groups is 2. The second kappa shape index (κ2) is 5.48. The van der Waals surface area contributed by atoms with Crippen LogP contribution in [0.5, 0.6) is 0 Å². The zero-order valence-corrected chi connectivity index (χ0v) is 9.87. The van der Waals surface area contributed by atoms with Crippen molar-refractivity contribution in [3.05, 3.63) is 30.1 Å². The van der Waals surface area contributed by atoms with Crippen LogP contribution in [0.3, 0.4) is 0 Å². The number of urea groups is 1. The topological polar surface area (TPSA) is 82.5 Å². The predicted molar refractivity (Wildman–Crippen MR) is 64.0 cm³/mol. The fourth-order valence-electron chi connectivity index (χ4n) is 1.97. The molecule has 0 aromatic carbocycles. The number of nitrogens with zero attached hydrogens (tertiary/aromatic N) is 2. The van der Waals surface area contributed by atoms with E-state index in [1.54, 1.807) is 17.3 Å². The lowest BCUT2D eigenvalue weighted by Crippen LogP contribution is -2.29. The van der Waals surface area contributed by atoms with E-state index in [1.807, 2.05) is 12.1 Å². The van der Waals surface area contributed by atoms with Gasteiger partial charge in [0.15, 0.2) is 0 Å². The quantitative estimate of drug-likeness (QED) is 0.816. The molecule has 1 aromatic rings. The van der Waals surface area contributed by atoms with Crippen molar-refractivity contribution in [3.8, 4) is 0 Å². The van der Waals surface area contributed by atoms with Crippen molar-refractivity contribution in [2.24, 2.45) is 0 Å². The molecule has 1 fully saturated rings. The van der Waals surface area contributed by atoms with E-state index in [0.717, 1.165) is 5.56 Å². The summed E-state index contributed by atoms with van der Waals surface area (Å²) in [6.45, 7) is 1.03. The van der Waals surface area contributed by atoms with Crippen molar-refractivity contribution < 1.29 is 14.7 Å². The van der Waals surface area contributed by atoms with Crippen LogP contribution < -0.4 is 5.32 Å². The fraction of sp³-hybridized carbons (Fsp3) is 0.417. The van der Waals surface area contributed by atoms with E-state index in [1.165, 1.54) is 0 Å². The Balaban J connectivity index is 1.89. The summed E-state index contributed by atoms with van der Waals surface area (Å²) in [6.07, 6.45) is 3.97. The average molecular weight is 249 g/mol. The summed E-state index contributed by atoms with van der Waals surface area (Å²) in [5, 5.41) is 11.4. The molecule has 1 aliphatic rings. The first kappa shape index (κ1) is 12.3. The van der Waals surface area contributed by atoms with Crippen molar-refractivity contribution in [2.75, 3.05) is 13.1 Å². The Morgan fingerprint density at radius 1 is 1.61 bits per heavy atom. The van der Waals surface area contributed by atoms with Gasteiger partial charge >= 0.3 is 12.0 Å². The van der Waals surface area contributed by atoms with Gasteiger partial charge in [-0.1, -0.05) is 6.07 Å². The third kappa shape index (κ3) is 2.97. The lowest BCUT2D eigenvalue weighted by atomic mass is 10.1. The molecule has 18 heavy (non-hydrogen) atoms. The van der Waals surface area contributed by atoms with Gasteiger partial charge < -0.3 is 15.3 Å². The molecular weight excluding hydrogens is 234 g/mol. The maximum absolute atomic E-state index is 11.7. The number of pyridine rings is 1. The summed E-state index contributed by atoms with van der Waals surface area (Å²) < 4.78 is 0. The highest BCUT2D eigenvalue weighted by Crippen LogP contribution is 2.19. The van der Waals surface area contributed by atoms with E-state index in [4.69, 9.17) is 5.11 Å². The molecule has 6 heteroatoms. The van der Waals surface area contributed by atoms with Crippen LogP contribution in [-0.4, -0.2) is 40.1 Å². The number of aliphatic carboxylic acids is 1. The number of carbonyl (C=O) groups excluding carboxylic acids is 1. The van der Waals surface area contributed by atoms with Crippen LogP contribution in [0.4, 0.5) is 4.79 Å². The molecule has 2 heterocycles. The van der Waals surface area contributed by atoms with Crippen LogP contribution in [0, 0.1) is 0 Å². The molecule has 1 saturated heterocycles. The zero-order chi connectivity index (χ0) is 13.0. The minimum atomic E-state index is -0.835. The van der Waals surface area contributed by atoms with Crippen molar-refractivity contribution >= 4 is 12.0 Å². The van der Waals surface area contributed by atoms with Gasteiger partial charge in [-0.15, -0.1) is 0 Å². The second-order valence-electron chi connectivity index (χ2n) is 4.23. The summed E-state index contributed by atoms with van der Waals surface area (Å²) in [7, 11) is 0. The minimum absolute atomic E-state index is 0.0592. The van der Waals surface area contributed by atoms with Gasteiger partial charge in [0.25, 0.3) is 0 Å². The Bertz CT molecular complexity index is 435. The third-order valence-corrected chi connectivity index (χ3v) is 2.89. The minimum Gasteiger partial charge on any atom is -0.481 e. The number of hydrogen-bond acceptors (Lipinski definition) is 3. The second-order valence-corrected chi connectivity index (χ2v) is 4.23. The van der Waals surface area contributed by atoms with Gasteiger partial charge in [-0.3, -0.25) is 9.78 Å².